The van der Waals surface area contributed by atoms with E-state index >= 15 is 0 Å². The number of aliphatic carboxylic acids is 1. The number of hydrogen-bond donors (Lipinski definition) is 1. The summed E-state index contributed by atoms with van der Waals surface area (Å²) in [6, 6.07) is 4.20. The zero-order valence-corrected chi connectivity index (χ0v) is 8.79. The largest absolute Gasteiger partial charge is 0.479 e. The van der Waals surface area contributed by atoms with Crippen LogP contribution in [0.4, 0.5) is 4.39 Å². The first-order valence-electron chi connectivity index (χ1n) is 4.24. The van der Waals surface area contributed by atoms with Gasteiger partial charge < -0.3 is 9.84 Å². The van der Waals surface area contributed by atoms with E-state index in [1.165, 1.54) is 25.3 Å². The molecular weight excluding hydrogens is 223 g/mol. The van der Waals surface area contributed by atoms with E-state index in [2.05, 4.69) is 0 Å². The summed E-state index contributed by atoms with van der Waals surface area (Å²) in [6.07, 6.45) is -1.17. The molecule has 82 valence electrons. The number of hydrogen-bond acceptors (Lipinski definition) is 2. The number of rotatable bonds is 4. The van der Waals surface area contributed by atoms with Crippen LogP contribution in [0.1, 0.15) is 5.56 Å². The molecule has 5 heteroatoms. The molecule has 0 radical (unpaired) electrons. The molecule has 3 nitrogen and oxygen atoms in total. The van der Waals surface area contributed by atoms with Gasteiger partial charge in [-0.3, -0.25) is 0 Å². The maximum atomic E-state index is 13.3. The number of ether oxygens (including phenoxy) is 1. The van der Waals surface area contributed by atoms with Crippen molar-refractivity contribution in [2.75, 3.05) is 7.11 Å². The highest BCUT2D eigenvalue weighted by Crippen LogP contribution is 2.21. The van der Waals surface area contributed by atoms with E-state index in [4.69, 9.17) is 21.4 Å². The van der Waals surface area contributed by atoms with Crippen molar-refractivity contribution < 1.29 is 19.0 Å². The molecule has 1 N–H and O–H groups in total. The third kappa shape index (κ3) is 2.91. The Morgan fingerprint density at radius 2 is 2.33 bits per heavy atom. The summed E-state index contributed by atoms with van der Waals surface area (Å²) in [7, 11) is 1.26. The topological polar surface area (TPSA) is 46.5 Å². The Hall–Kier alpha value is -1.13. The molecule has 1 rings (SSSR count). The van der Waals surface area contributed by atoms with Gasteiger partial charge in [-0.2, -0.15) is 0 Å². The first-order chi connectivity index (χ1) is 7.06. The van der Waals surface area contributed by atoms with Crippen LogP contribution >= 0.6 is 11.6 Å². The normalized spacial score (nSPS) is 12.5. The van der Waals surface area contributed by atoms with Gasteiger partial charge in [0, 0.05) is 24.1 Å². The van der Waals surface area contributed by atoms with Gasteiger partial charge in [-0.1, -0.05) is 17.7 Å². The third-order valence-electron chi connectivity index (χ3n) is 2.01. The molecule has 15 heavy (non-hydrogen) atoms. The molecule has 1 atom stereocenters. The van der Waals surface area contributed by atoms with Gasteiger partial charge in [-0.05, 0) is 12.1 Å². The molecule has 0 amide bonds. The van der Waals surface area contributed by atoms with Crippen LogP contribution in [0.25, 0.3) is 0 Å². The Morgan fingerprint density at radius 3 is 2.80 bits per heavy atom. The van der Waals surface area contributed by atoms with Gasteiger partial charge in [-0.25, -0.2) is 9.18 Å². The van der Waals surface area contributed by atoms with E-state index in [1.54, 1.807) is 0 Å². The summed E-state index contributed by atoms with van der Waals surface area (Å²) in [6.45, 7) is 0. The van der Waals surface area contributed by atoms with Gasteiger partial charge in [0.25, 0.3) is 0 Å². The van der Waals surface area contributed by atoms with E-state index in [1.807, 2.05) is 0 Å². The first-order valence-corrected chi connectivity index (χ1v) is 4.62. The number of carboxylic acids is 1. The summed E-state index contributed by atoms with van der Waals surface area (Å²) in [5, 5.41) is 8.93. The maximum absolute atomic E-state index is 13.3. The zero-order valence-electron chi connectivity index (χ0n) is 8.04. The molecule has 0 heterocycles. The van der Waals surface area contributed by atoms with Crippen LogP contribution in [0.15, 0.2) is 18.2 Å². The van der Waals surface area contributed by atoms with Crippen molar-refractivity contribution in [1.29, 1.82) is 0 Å². The van der Waals surface area contributed by atoms with Crippen LogP contribution in [-0.4, -0.2) is 24.3 Å². The highest BCUT2D eigenvalue weighted by Gasteiger charge is 2.20. The van der Waals surface area contributed by atoms with Gasteiger partial charge in [0.15, 0.2) is 6.10 Å². The second-order valence-electron chi connectivity index (χ2n) is 2.97. The van der Waals surface area contributed by atoms with Crippen molar-refractivity contribution in [3.8, 4) is 0 Å². The number of carbonyl (C=O) groups is 1. The lowest BCUT2D eigenvalue weighted by molar-refractivity contribution is -0.148. The van der Waals surface area contributed by atoms with E-state index in [9.17, 15) is 9.18 Å². The fraction of sp³-hybridized carbons (Fsp3) is 0.300. The van der Waals surface area contributed by atoms with Crippen molar-refractivity contribution >= 4 is 17.6 Å². The smallest absolute Gasteiger partial charge is 0.333 e. The number of carboxylic acid groups (broad SMARTS) is 1. The van der Waals surface area contributed by atoms with Crippen molar-refractivity contribution in [3.63, 3.8) is 0 Å². The minimum Gasteiger partial charge on any atom is -0.479 e. The van der Waals surface area contributed by atoms with Gasteiger partial charge in [0.05, 0.1) is 0 Å². The molecule has 1 aromatic carbocycles. The highest BCUT2D eigenvalue weighted by atomic mass is 35.5. The minimum absolute atomic E-state index is 0.0860. The number of methoxy groups -OCH3 is 1. The lowest BCUT2D eigenvalue weighted by Crippen LogP contribution is -2.25. The first kappa shape index (κ1) is 11.9. The quantitative estimate of drug-likeness (QED) is 0.865. The Morgan fingerprint density at radius 1 is 1.67 bits per heavy atom. The van der Waals surface area contributed by atoms with Crippen molar-refractivity contribution in [1.82, 2.24) is 0 Å². The third-order valence-corrected chi connectivity index (χ3v) is 2.37. The monoisotopic (exact) mass is 232 g/mol. The summed E-state index contributed by atoms with van der Waals surface area (Å²) in [5.74, 6) is -1.66. The average Bonchev–Trinajstić information content (AvgIpc) is 2.17. The van der Waals surface area contributed by atoms with Crippen LogP contribution in [0.5, 0.6) is 0 Å². The van der Waals surface area contributed by atoms with Gasteiger partial charge in [0.2, 0.25) is 0 Å². The van der Waals surface area contributed by atoms with Crippen LogP contribution in [0, 0.1) is 5.82 Å². The second kappa shape index (κ2) is 5.09. The standard InChI is InChI=1S/C10H10ClFO3/c1-15-9(10(13)14)5-6-7(11)3-2-4-8(6)12/h2-4,9H,5H2,1H3,(H,13,14). The SMILES string of the molecule is COC(Cc1c(F)cccc1Cl)C(=O)O. The second-order valence-corrected chi connectivity index (χ2v) is 3.37. The van der Waals surface area contributed by atoms with Crippen molar-refractivity contribution in [3.05, 3.63) is 34.6 Å². The molecule has 0 saturated carbocycles. The predicted octanol–water partition coefficient (Wildman–Crippen LogP) is 2.12. The van der Waals surface area contributed by atoms with Crippen molar-refractivity contribution in [2.45, 2.75) is 12.5 Å². The fourth-order valence-corrected chi connectivity index (χ4v) is 1.42. The van der Waals surface area contributed by atoms with Gasteiger partial charge in [0.1, 0.15) is 5.82 Å². The molecular formula is C10H10ClFO3. The van der Waals surface area contributed by atoms with Gasteiger partial charge in [-0.15, -0.1) is 0 Å². The number of benzene rings is 1. The molecule has 0 spiro atoms. The summed E-state index contributed by atoms with van der Waals surface area (Å²) in [4.78, 5) is 10.7. The molecule has 0 aliphatic carbocycles. The molecule has 0 aliphatic rings. The minimum atomic E-state index is -1.14. The summed E-state index contributed by atoms with van der Waals surface area (Å²) >= 11 is 5.75. The predicted molar refractivity (Wildman–Crippen MR) is 53.5 cm³/mol. The van der Waals surface area contributed by atoms with E-state index < -0.39 is 17.9 Å². The molecule has 1 aromatic rings. The molecule has 1 unspecified atom stereocenters. The van der Waals surface area contributed by atoms with E-state index in [0.717, 1.165) is 0 Å². The molecule has 0 saturated heterocycles. The highest BCUT2D eigenvalue weighted by molar-refractivity contribution is 6.31. The van der Waals surface area contributed by atoms with Crippen LogP contribution in [0.3, 0.4) is 0 Å². The van der Waals surface area contributed by atoms with E-state index in [0.29, 0.717) is 0 Å². The zero-order chi connectivity index (χ0) is 11.4. The summed E-state index contributed by atoms with van der Waals surface area (Å²) in [5.41, 5.74) is 0.161. The Kier molecular flexibility index (Phi) is 4.05. The Balaban J connectivity index is 2.92. The summed E-state index contributed by atoms with van der Waals surface area (Å²) < 4.78 is 18.0. The number of halogens is 2. The fourth-order valence-electron chi connectivity index (χ4n) is 1.18. The van der Waals surface area contributed by atoms with Crippen LogP contribution in [0.2, 0.25) is 5.02 Å². The van der Waals surface area contributed by atoms with Crippen LogP contribution in [-0.2, 0) is 16.0 Å². The maximum Gasteiger partial charge on any atom is 0.333 e. The Bertz CT molecular complexity index is 347. The van der Waals surface area contributed by atoms with Crippen molar-refractivity contribution in [2.24, 2.45) is 0 Å². The average molecular weight is 233 g/mol. The lowest BCUT2D eigenvalue weighted by atomic mass is 10.1. The molecule has 0 bridgehead atoms. The van der Waals surface area contributed by atoms with E-state index in [-0.39, 0.29) is 17.0 Å². The molecule has 0 aliphatic heterocycles. The van der Waals surface area contributed by atoms with Gasteiger partial charge >= 0.3 is 5.97 Å². The molecule has 0 aromatic heterocycles. The lowest BCUT2D eigenvalue weighted by Gasteiger charge is -2.11. The molecule has 0 fully saturated rings. The Labute approximate surface area is 91.4 Å². The van der Waals surface area contributed by atoms with Crippen LogP contribution < -0.4 is 0 Å².